The summed E-state index contributed by atoms with van der Waals surface area (Å²) in [6.07, 6.45) is 6.19. The summed E-state index contributed by atoms with van der Waals surface area (Å²) < 4.78 is 0. The third-order valence-corrected chi connectivity index (χ3v) is 4.92. The zero-order chi connectivity index (χ0) is 17.8. The molecule has 1 heterocycles. The zero-order valence-corrected chi connectivity index (χ0v) is 15.1. The maximum absolute atomic E-state index is 12.1. The van der Waals surface area contributed by atoms with E-state index in [0.29, 0.717) is 12.2 Å². The highest BCUT2D eigenvalue weighted by atomic mass is 32.2. The minimum Gasteiger partial charge on any atom is -0.322 e. The molecule has 0 aliphatic carbocycles. The number of anilines is 2. The van der Waals surface area contributed by atoms with Gasteiger partial charge in [-0.05, 0) is 54.1 Å². The number of fused-ring (bicyclic) bond motifs is 1. The second-order valence-corrected chi connectivity index (χ2v) is 6.74. The Morgan fingerprint density at radius 1 is 1.16 bits per heavy atom. The number of carbonyl (C=O) groups is 2. The fraction of sp³-hybridized carbons (Fsp3) is 0.200. The molecule has 0 radical (unpaired) electrons. The first-order valence-electron chi connectivity index (χ1n) is 8.11. The van der Waals surface area contributed by atoms with Crippen molar-refractivity contribution in [3.05, 3.63) is 59.7 Å². The molecule has 1 N–H and O–H groups in total. The SMILES string of the molecule is CSc1ccc(C=CC(=O)Nc2ccc3c(c2)N(C(C)=O)CC3)cc1. The third kappa shape index (κ3) is 4.12. The van der Waals surface area contributed by atoms with Gasteiger partial charge in [0.1, 0.15) is 0 Å². The van der Waals surface area contributed by atoms with Gasteiger partial charge in [0.05, 0.1) is 0 Å². The largest absolute Gasteiger partial charge is 0.322 e. The molecule has 0 saturated carbocycles. The first kappa shape index (κ1) is 17.3. The average Bonchev–Trinajstić information content (AvgIpc) is 3.04. The highest BCUT2D eigenvalue weighted by molar-refractivity contribution is 7.98. The van der Waals surface area contributed by atoms with Crippen LogP contribution in [0.15, 0.2) is 53.4 Å². The standard InChI is InChI=1S/C20H20N2O2S/c1-14(23)22-12-11-16-6-7-17(13-19(16)22)21-20(24)10-5-15-3-8-18(25-2)9-4-15/h3-10,13H,11-12H2,1-2H3,(H,21,24). The summed E-state index contributed by atoms with van der Waals surface area (Å²) in [5.41, 5.74) is 3.70. The van der Waals surface area contributed by atoms with Gasteiger partial charge in [-0.25, -0.2) is 0 Å². The lowest BCUT2D eigenvalue weighted by molar-refractivity contribution is -0.116. The summed E-state index contributed by atoms with van der Waals surface area (Å²) in [7, 11) is 0. The van der Waals surface area contributed by atoms with Crippen LogP contribution in [0, 0.1) is 0 Å². The van der Waals surface area contributed by atoms with E-state index in [-0.39, 0.29) is 11.8 Å². The maximum atomic E-state index is 12.1. The number of nitrogens with one attached hydrogen (secondary N) is 1. The molecule has 3 rings (SSSR count). The van der Waals surface area contributed by atoms with Crippen molar-refractivity contribution < 1.29 is 9.59 Å². The Kier molecular flexibility index (Phi) is 5.24. The molecule has 5 heteroatoms. The van der Waals surface area contributed by atoms with Crippen LogP contribution in [0.3, 0.4) is 0 Å². The van der Waals surface area contributed by atoms with Crippen molar-refractivity contribution in [2.45, 2.75) is 18.2 Å². The van der Waals surface area contributed by atoms with Crippen LogP contribution in [-0.4, -0.2) is 24.6 Å². The Balaban J connectivity index is 1.68. The van der Waals surface area contributed by atoms with E-state index < -0.39 is 0 Å². The van der Waals surface area contributed by atoms with Gasteiger partial charge in [0.2, 0.25) is 11.8 Å². The molecule has 0 spiro atoms. The van der Waals surface area contributed by atoms with E-state index in [2.05, 4.69) is 5.32 Å². The number of hydrogen-bond acceptors (Lipinski definition) is 3. The van der Waals surface area contributed by atoms with Gasteiger partial charge in [0, 0.05) is 35.8 Å². The van der Waals surface area contributed by atoms with Crippen LogP contribution >= 0.6 is 11.8 Å². The van der Waals surface area contributed by atoms with Gasteiger partial charge in [-0.2, -0.15) is 0 Å². The maximum Gasteiger partial charge on any atom is 0.248 e. The van der Waals surface area contributed by atoms with Crippen molar-refractivity contribution in [3.63, 3.8) is 0 Å². The number of benzene rings is 2. The molecule has 1 aliphatic heterocycles. The molecule has 1 aliphatic rings. The van der Waals surface area contributed by atoms with Crippen LogP contribution in [0.2, 0.25) is 0 Å². The molecule has 128 valence electrons. The summed E-state index contributed by atoms with van der Waals surface area (Å²) in [6, 6.07) is 13.7. The average molecular weight is 352 g/mol. The van der Waals surface area contributed by atoms with Gasteiger partial charge in [-0.15, -0.1) is 11.8 Å². The third-order valence-electron chi connectivity index (χ3n) is 4.17. The van der Waals surface area contributed by atoms with Crippen LogP contribution in [0.5, 0.6) is 0 Å². The number of rotatable bonds is 4. The normalized spacial score (nSPS) is 13.1. The molecule has 2 aromatic rings. The van der Waals surface area contributed by atoms with E-state index in [4.69, 9.17) is 0 Å². The van der Waals surface area contributed by atoms with E-state index in [9.17, 15) is 9.59 Å². The van der Waals surface area contributed by atoms with Gasteiger partial charge in [0.25, 0.3) is 0 Å². The van der Waals surface area contributed by atoms with Crippen molar-refractivity contribution in [2.24, 2.45) is 0 Å². The Bertz CT molecular complexity index is 828. The highest BCUT2D eigenvalue weighted by Gasteiger charge is 2.22. The van der Waals surface area contributed by atoms with Crippen LogP contribution < -0.4 is 10.2 Å². The van der Waals surface area contributed by atoms with Crippen molar-refractivity contribution in [1.29, 1.82) is 0 Å². The smallest absolute Gasteiger partial charge is 0.248 e. The lowest BCUT2D eigenvalue weighted by atomic mass is 10.1. The van der Waals surface area contributed by atoms with E-state index in [1.807, 2.05) is 48.7 Å². The molecule has 2 amide bonds. The summed E-state index contributed by atoms with van der Waals surface area (Å²) >= 11 is 1.68. The van der Waals surface area contributed by atoms with Crippen molar-refractivity contribution >= 4 is 41.0 Å². The lowest BCUT2D eigenvalue weighted by Crippen LogP contribution is -2.25. The number of hydrogen-bond donors (Lipinski definition) is 1. The molecule has 0 aromatic heterocycles. The number of nitrogens with zero attached hydrogens (tertiary/aromatic N) is 1. The summed E-state index contributed by atoms with van der Waals surface area (Å²) in [5, 5.41) is 2.86. The van der Waals surface area contributed by atoms with Gasteiger partial charge < -0.3 is 10.2 Å². The second-order valence-electron chi connectivity index (χ2n) is 5.86. The number of thioether (sulfide) groups is 1. The second kappa shape index (κ2) is 7.57. The first-order chi connectivity index (χ1) is 12.1. The molecule has 0 saturated heterocycles. The topological polar surface area (TPSA) is 49.4 Å². The van der Waals surface area contributed by atoms with Crippen molar-refractivity contribution in [1.82, 2.24) is 0 Å². The van der Waals surface area contributed by atoms with Gasteiger partial charge in [0.15, 0.2) is 0 Å². The predicted molar refractivity (Wildman–Crippen MR) is 104 cm³/mol. The minimum absolute atomic E-state index is 0.0239. The molecule has 25 heavy (non-hydrogen) atoms. The van der Waals surface area contributed by atoms with E-state index in [0.717, 1.165) is 23.2 Å². The lowest BCUT2D eigenvalue weighted by Gasteiger charge is -2.15. The Labute approximate surface area is 151 Å². The van der Waals surface area contributed by atoms with Gasteiger partial charge in [-0.3, -0.25) is 9.59 Å². The predicted octanol–water partition coefficient (Wildman–Crippen LogP) is 3.97. The molecule has 0 fully saturated rings. The van der Waals surface area contributed by atoms with Gasteiger partial charge >= 0.3 is 0 Å². The molecule has 0 atom stereocenters. The fourth-order valence-corrected chi connectivity index (χ4v) is 3.26. The monoisotopic (exact) mass is 352 g/mol. The van der Waals surface area contributed by atoms with Crippen molar-refractivity contribution in [2.75, 3.05) is 23.0 Å². The summed E-state index contributed by atoms with van der Waals surface area (Å²) in [6.45, 7) is 2.26. The van der Waals surface area contributed by atoms with Gasteiger partial charge in [-0.1, -0.05) is 18.2 Å². The van der Waals surface area contributed by atoms with Crippen molar-refractivity contribution in [3.8, 4) is 0 Å². The Morgan fingerprint density at radius 2 is 1.92 bits per heavy atom. The number of amides is 2. The zero-order valence-electron chi connectivity index (χ0n) is 14.3. The summed E-state index contributed by atoms with van der Waals surface area (Å²) in [4.78, 5) is 26.7. The highest BCUT2D eigenvalue weighted by Crippen LogP contribution is 2.30. The van der Waals surface area contributed by atoms with E-state index in [1.54, 1.807) is 29.7 Å². The molecule has 4 nitrogen and oxygen atoms in total. The van der Waals surface area contributed by atoms with E-state index >= 15 is 0 Å². The summed E-state index contributed by atoms with van der Waals surface area (Å²) in [5.74, 6) is -0.169. The fourth-order valence-electron chi connectivity index (χ4n) is 2.85. The Morgan fingerprint density at radius 3 is 2.60 bits per heavy atom. The Hall–Kier alpha value is -2.53. The van der Waals surface area contributed by atoms with Crippen LogP contribution in [-0.2, 0) is 16.0 Å². The molecule has 2 aromatic carbocycles. The minimum atomic E-state index is -0.193. The molecular formula is C20H20N2O2S. The quantitative estimate of drug-likeness (QED) is 0.669. The van der Waals surface area contributed by atoms with Crippen LogP contribution in [0.25, 0.3) is 6.08 Å². The van der Waals surface area contributed by atoms with Crippen LogP contribution in [0.4, 0.5) is 11.4 Å². The molecule has 0 bridgehead atoms. The van der Waals surface area contributed by atoms with Crippen LogP contribution in [0.1, 0.15) is 18.1 Å². The number of carbonyl (C=O) groups excluding carboxylic acids is 2. The molecular weight excluding hydrogens is 332 g/mol. The first-order valence-corrected chi connectivity index (χ1v) is 9.33. The van der Waals surface area contributed by atoms with E-state index in [1.165, 1.54) is 11.0 Å². The molecule has 0 unspecified atom stereocenters.